The molecule has 2 aliphatic heterocycles. The van der Waals surface area contributed by atoms with Crippen molar-refractivity contribution in [3.8, 4) is 0 Å². The van der Waals surface area contributed by atoms with E-state index in [2.05, 4.69) is 10.6 Å². The number of piperidine rings is 2. The Morgan fingerprint density at radius 3 is 1.07 bits per heavy atom. The van der Waals surface area contributed by atoms with Gasteiger partial charge in [-0.1, -0.05) is 0 Å². The monoisotopic (exact) mass is 398 g/mol. The topological polar surface area (TPSA) is 113 Å². The van der Waals surface area contributed by atoms with Gasteiger partial charge in [-0.05, 0) is 55.4 Å². The quantitative estimate of drug-likeness (QED) is 0.368. The van der Waals surface area contributed by atoms with Crippen molar-refractivity contribution in [2.24, 2.45) is 0 Å². The summed E-state index contributed by atoms with van der Waals surface area (Å²) in [5.41, 5.74) is -2.14. The molecule has 0 unspecified atom stereocenters. The van der Waals surface area contributed by atoms with Crippen molar-refractivity contribution < 1.29 is 19.7 Å². The van der Waals surface area contributed by atoms with Crippen LogP contribution in [0.15, 0.2) is 0 Å². The number of hydrogen-bond acceptors (Lipinski definition) is 4. The predicted octanol–water partition coefficient (Wildman–Crippen LogP) is -0.577. The molecule has 8 heteroatoms. The Labute approximate surface area is 168 Å². The molecule has 2 rings (SSSR count). The summed E-state index contributed by atoms with van der Waals surface area (Å²) in [5, 5.41) is 31.1. The summed E-state index contributed by atoms with van der Waals surface area (Å²) >= 11 is 0. The highest BCUT2D eigenvalue weighted by Gasteiger charge is 2.47. The van der Waals surface area contributed by atoms with Gasteiger partial charge in [0.2, 0.25) is 0 Å². The second-order valence-corrected chi connectivity index (χ2v) is 11.4. The van der Waals surface area contributed by atoms with Crippen LogP contribution in [-0.2, 0) is 9.59 Å². The van der Waals surface area contributed by atoms with Crippen LogP contribution in [0.1, 0.15) is 81.1 Å². The van der Waals surface area contributed by atoms with Gasteiger partial charge < -0.3 is 31.2 Å². The molecular weight excluding hydrogens is 360 g/mol. The second-order valence-electron chi connectivity index (χ2n) is 11.4. The average Bonchev–Trinajstić information content (AvgIpc) is 2.49. The van der Waals surface area contributed by atoms with E-state index < -0.39 is 34.0 Å². The Morgan fingerprint density at radius 1 is 0.643 bits per heavy atom. The van der Waals surface area contributed by atoms with Gasteiger partial charge in [0.1, 0.15) is 0 Å². The molecule has 2 fully saturated rings. The van der Waals surface area contributed by atoms with Crippen LogP contribution in [0.4, 0.5) is 0 Å². The Bertz CT molecular complexity index is 540. The fourth-order valence-electron chi connectivity index (χ4n) is 5.52. The molecule has 0 saturated carbocycles. The second kappa shape index (κ2) is 7.23. The third-order valence-corrected chi connectivity index (χ3v) is 6.36. The molecule has 2 aliphatic rings. The molecule has 0 bridgehead atoms. The van der Waals surface area contributed by atoms with E-state index in [1.807, 2.05) is 55.4 Å². The van der Waals surface area contributed by atoms with Gasteiger partial charge in [-0.2, -0.15) is 0 Å². The highest BCUT2D eigenvalue weighted by molar-refractivity contribution is 6.35. The van der Waals surface area contributed by atoms with Gasteiger partial charge in [-0.3, -0.25) is 9.59 Å². The van der Waals surface area contributed by atoms with Crippen LogP contribution < -0.4 is 20.8 Å². The lowest BCUT2D eigenvalue weighted by atomic mass is 9.78. The molecule has 28 heavy (non-hydrogen) atoms. The molecule has 2 saturated heterocycles. The maximum Gasteiger partial charge on any atom is 0.309 e. The number of hydrogen-bond donors (Lipinski definition) is 4. The molecule has 2 amide bonds. The molecule has 0 spiro atoms. The minimum Gasteiger partial charge on any atom is -0.634 e. The van der Waals surface area contributed by atoms with E-state index in [0.29, 0.717) is 25.7 Å². The summed E-state index contributed by atoms with van der Waals surface area (Å²) in [7, 11) is 0. The lowest BCUT2D eigenvalue weighted by Gasteiger charge is -2.54. The lowest BCUT2D eigenvalue weighted by Crippen LogP contribution is -3.23. The van der Waals surface area contributed by atoms with E-state index in [4.69, 9.17) is 0 Å². The first-order valence-corrected chi connectivity index (χ1v) is 10.2. The van der Waals surface area contributed by atoms with Crippen molar-refractivity contribution in [3.05, 3.63) is 10.4 Å². The van der Waals surface area contributed by atoms with Gasteiger partial charge >= 0.3 is 11.8 Å². The zero-order valence-electron chi connectivity index (χ0n) is 18.6. The first-order chi connectivity index (χ1) is 12.5. The number of nitrogens with one attached hydrogen (secondary N) is 4. The van der Waals surface area contributed by atoms with E-state index in [9.17, 15) is 20.0 Å². The molecule has 0 aromatic carbocycles. The predicted molar refractivity (Wildman–Crippen MR) is 107 cm³/mol. The van der Waals surface area contributed by atoms with E-state index in [-0.39, 0.29) is 22.2 Å². The van der Waals surface area contributed by atoms with Gasteiger partial charge in [0.15, 0.2) is 0 Å². The highest BCUT2D eigenvalue weighted by Crippen LogP contribution is 2.25. The molecule has 8 nitrogen and oxygen atoms in total. The highest BCUT2D eigenvalue weighted by atomic mass is 16.5. The smallest absolute Gasteiger partial charge is 0.309 e. The van der Waals surface area contributed by atoms with Gasteiger partial charge in [-0.15, -0.1) is 0 Å². The summed E-state index contributed by atoms with van der Waals surface area (Å²) in [4.78, 5) is 25.0. The minimum absolute atomic E-state index is 0.186. The van der Waals surface area contributed by atoms with Crippen LogP contribution in [0.5, 0.6) is 0 Å². The van der Waals surface area contributed by atoms with E-state index in [0.717, 1.165) is 0 Å². The standard InChI is InChI=1S/C20H38N4O4/c1-17(2)9-13(10-18(3,4)23(17)27)21-15(25)16(26)22-14-11-19(5,6)24(28)20(7,8)12-14/h13-14,23-24H,9-12H2,1-8H3,(H,21,25)(H,22,26). The zero-order valence-corrected chi connectivity index (χ0v) is 18.6. The van der Waals surface area contributed by atoms with Crippen molar-refractivity contribution in [2.75, 3.05) is 0 Å². The van der Waals surface area contributed by atoms with Gasteiger partial charge in [0.25, 0.3) is 0 Å². The summed E-state index contributed by atoms with van der Waals surface area (Å²) in [5.74, 6) is -1.34. The van der Waals surface area contributed by atoms with E-state index in [1.54, 1.807) is 0 Å². The largest absolute Gasteiger partial charge is 0.634 e. The first-order valence-electron chi connectivity index (χ1n) is 10.2. The van der Waals surface area contributed by atoms with Crippen LogP contribution in [0.25, 0.3) is 0 Å². The first kappa shape index (κ1) is 23.1. The fourth-order valence-corrected chi connectivity index (χ4v) is 5.52. The van der Waals surface area contributed by atoms with Crippen LogP contribution in [-0.4, -0.2) is 46.1 Å². The summed E-state index contributed by atoms with van der Waals surface area (Å²) in [6.45, 7) is 15.1. The Balaban J connectivity index is 1.99. The van der Waals surface area contributed by atoms with Gasteiger partial charge in [-0.25, -0.2) is 0 Å². The van der Waals surface area contributed by atoms with Crippen molar-refractivity contribution in [3.63, 3.8) is 0 Å². The van der Waals surface area contributed by atoms with Crippen molar-refractivity contribution >= 4 is 11.8 Å². The van der Waals surface area contributed by atoms with Crippen LogP contribution in [0.2, 0.25) is 0 Å². The number of amides is 2. The van der Waals surface area contributed by atoms with Gasteiger partial charge in [0, 0.05) is 37.8 Å². The number of hydroxylamine groups is 4. The summed E-state index contributed by atoms with van der Waals surface area (Å²) in [6.07, 6.45) is 2.08. The van der Waals surface area contributed by atoms with Crippen LogP contribution in [0, 0.1) is 10.4 Å². The molecule has 0 aromatic heterocycles. The Hall–Kier alpha value is -1.22. The van der Waals surface area contributed by atoms with Crippen LogP contribution in [0.3, 0.4) is 0 Å². The molecule has 0 radical (unpaired) electrons. The zero-order chi connectivity index (χ0) is 21.7. The minimum atomic E-state index is -0.668. The molecule has 162 valence electrons. The SMILES string of the molecule is CC1(C)CC(NC(=O)C(=O)NC2CC(C)(C)[NH+]([O-])C(C)(C)C2)CC(C)(C)[NH+]1[O-]. The maximum absolute atomic E-state index is 12.5. The molecule has 2 heterocycles. The van der Waals surface area contributed by atoms with E-state index >= 15 is 0 Å². The third-order valence-electron chi connectivity index (χ3n) is 6.36. The van der Waals surface area contributed by atoms with Crippen molar-refractivity contribution in [2.45, 2.75) is 115 Å². The normalized spacial score (nSPS) is 35.6. The molecule has 4 N–H and O–H groups in total. The van der Waals surface area contributed by atoms with E-state index in [1.165, 1.54) is 0 Å². The molecule has 0 aromatic rings. The summed E-state index contributed by atoms with van der Waals surface area (Å²) in [6, 6.07) is -0.441. The number of rotatable bonds is 2. The molecule has 0 aliphatic carbocycles. The number of quaternary nitrogens is 2. The van der Waals surface area contributed by atoms with Gasteiger partial charge in [0.05, 0.1) is 22.2 Å². The van der Waals surface area contributed by atoms with Crippen molar-refractivity contribution in [1.29, 1.82) is 0 Å². The Morgan fingerprint density at radius 2 is 0.857 bits per heavy atom. The summed E-state index contributed by atoms with van der Waals surface area (Å²) < 4.78 is 0. The fraction of sp³-hybridized carbons (Fsp3) is 0.900. The molecule has 0 atom stereocenters. The number of carbonyl (C=O) groups excluding carboxylic acids is 2. The number of carbonyl (C=O) groups is 2. The third kappa shape index (κ3) is 4.67. The molecular formula is C20H38N4O4. The van der Waals surface area contributed by atoms with Crippen LogP contribution >= 0.6 is 0 Å². The Kier molecular flexibility index (Phi) is 5.96. The maximum atomic E-state index is 12.5. The lowest BCUT2D eigenvalue weighted by molar-refractivity contribution is -0.955. The average molecular weight is 399 g/mol. The van der Waals surface area contributed by atoms with Crippen molar-refractivity contribution in [1.82, 2.24) is 10.6 Å².